The number of primary amides is 1. The molecule has 4 heterocycles. The molecular formula is C21H12F2N6O2S. The molecule has 0 saturated carbocycles. The van der Waals surface area contributed by atoms with Crippen molar-refractivity contribution in [2.24, 2.45) is 5.73 Å². The molecule has 0 bridgehead atoms. The van der Waals surface area contributed by atoms with E-state index in [0.29, 0.717) is 21.7 Å². The summed E-state index contributed by atoms with van der Waals surface area (Å²) in [6, 6.07) is 3.43. The normalized spacial score (nSPS) is 11.2. The Morgan fingerprint density at radius 1 is 1.12 bits per heavy atom. The second-order valence-electron chi connectivity index (χ2n) is 6.78. The molecule has 0 spiro atoms. The fourth-order valence-corrected chi connectivity index (χ4v) is 4.15. The number of hydrogen-bond acceptors (Lipinski definition) is 6. The van der Waals surface area contributed by atoms with Crippen molar-refractivity contribution in [3.63, 3.8) is 0 Å². The molecule has 0 aliphatic carbocycles. The summed E-state index contributed by atoms with van der Waals surface area (Å²) in [5.41, 5.74) is 4.75. The van der Waals surface area contributed by atoms with E-state index in [0.717, 1.165) is 17.0 Å². The van der Waals surface area contributed by atoms with Gasteiger partial charge in [-0.1, -0.05) is 11.3 Å². The van der Waals surface area contributed by atoms with Crippen LogP contribution in [0.5, 0.6) is 0 Å². The molecule has 158 valence electrons. The molecule has 1 aromatic carbocycles. The topological polar surface area (TPSA) is 120 Å². The van der Waals surface area contributed by atoms with Crippen molar-refractivity contribution < 1.29 is 18.4 Å². The molecule has 0 aliphatic rings. The highest BCUT2D eigenvalue weighted by atomic mass is 32.1. The number of thiazole rings is 1. The van der Waals surface area contributed by atoms with E-state index in [9.17, 15) is 18.4 Å². The number of fused-ring (bicyclic) bond motifs is 1. The Morgan fingerprint density at radius 2 is 1.97 bits per heavy atom. The van der Waals surface area contributed by atoms with Crippen LogP contribution in [0.3, 0.4) is 0 Å². The molecule has 0 saturated heterocycles. The van der Waals surface area contributed by atoms with Gasteiger partial charge >= 0.3 is 0 Å². The first kappa shape index (κ1) is 19.7. The van der Waals surface area contributed by atoms with E-state index < -0.39 is 34.5 Å². The van der Waals surface area contributed by atoms with Gasteiger partial charge in [0.05, 0.1) is 16.0 Å². The van der Waals surface area contributed by atoms with E-state index in [1.54, 1.807) is 41.7 Å². The molecule has 0 radical (unpaired) electrons. The third-order valence-corrected chi connectivity index (χ3v) is 5.92. The molecule has 1 amide bonds. The number of nitrogens with two attached hydrogens (primary N) is 1. The van der Waals surface area contributed by atoms with Gasteiger partial charge in [-0.05, 0) is 18.2 Å². The molecular weight excluding hydrogens is 438 g/mol. The Balaban J connectivity index is 1.59. The van der Waals surface area contributed by atoms with Crippen molar-refractivity contribution in [1.29, 1.82) is 0 Å². The lowest BCUT2D eigenvalue weighted by Gasteiger charge is -2.07. The monoisotopic (exact) mass is 450 g/mol. The molecule has 32 heavy (non-hydrogen) atoms. The minimum Gasteiger partial charge on any atom is -0.366 e. The second-order valence-corrected chi connectivity index (χ2v) is 7.79. The maximum absolute atomic E-state index is 14.7. The van der Waals surface area contributed by atoms with Gasteiger partial charge in [0.2, 0.25) is 5.78 Å². The van der Waals surface area contributed by atoms with Crippen LogP contribution in [0.25, 0.3) is 26.6 Å². The van der Waals surface area contributed by atoms with Crippen molar-refractivity contribution in [1.82, 2.24) is 24.5 Å². The maximum atomic E-state index is 14.7. The van der Waals surface area contributed by atoms with Gasteiger partial charge in [0.25, 0.3) is 5.91 Å². The van der Waals surface area contributed by atoms with Gasteiger partial charge in [-0.25, -0.2) is 23.7 Å². The molecule has 0 atom stereocenters. The fourth-order valence-electron chi connectivity index (χ4n) is 3.30. The van der Waals surface area contributed by atoms with E-state index in [2.05, 4.69) is 19.9 Å². The highest BCUT2D eigenvalue weighted by molar-refractivity contribution is 7.17. The Hall–Kier alpha value is -4.25. The number of nitrogens with one attached hydrogen (secondary N) is 1. The number of nitrogens with zero attached hydrogens (tertiary/aromatic N) is 4. The number of benzene rings is 1. The van der Waals surface area contributed by atoms with E-state index in [1.165, 1.54) is 17.5 Å². The van der Waals surface area contributed by atoms with E-state index >= 15 is 0 Å². The van der Waals surface area contributed by atoms with Crippen LogP contribution < -0.4 is 5.73 Å². The number of imidazole rings is 1. The number of carbonyl (C=O) groups is 2. The zero-order valence-electron chi connectivity index (χ0n) is 16.0. The van der Waals surface area contributed by atoms with E-state index in [-0.39, 0.29) is 5.56 Å². The summed E-state index contributed by atoms with van der Waals surface area (Å²) < 4.78 is 30.8. The number of pyridine rings is 1. The number of amides is 1. The smallest absolute Gasteiger partial charge is 0.251 e. The molecule has 5 rings (SSSR count). The Morgan fingerprint density at radius 3 is 2.72 bits per heavy atom. The third-order valence-electron chi connectivity index (χ3n) is 4.86. The van der Waals surface area contributed by atoms with Crippen molar-refractivity contribution in [3.8, 4) is 15.6 Å². The molecule has 0 fully saturated rings. The molecule has 5 aromatic rings. The number of hydrogen-bond donors (Lipinski definition) is 2. The number of aromatic nitrogens is 5. The molecule has 0 unspecified atom stereocenters. The van der Waals surface area contributed by atoms with Crippen LogP contribution in [0, 0.1) is 11.6 Å². The van der Waals surface area contributed by atoms with Crippen LogP contribution in [-0.4, -0.2) is 36.2 Å². The van der Waals surface area contributed by atoms with Crippen molar-refractivity contribution in [2.75, 3.05) is 0 Å². The second kappa shape index (κ2) is 7.46. The third kappa shape index (κ3) is 3.15. The molecule has 0 aliphatic heterocycles. The van der Waals surface area contributed by atoms with E-state index in [1.807, 2.05) is 0 Å². The van der Waals surface area contributed by atoms with Gasteiger partial charge in [0, 0.05) is 47.5 Å². The van der Waals surface area contributed by atoms with Crippen molar-refractivity contribution in [2.45, 2.75) is 0 Å². The first-order valence-corrected chi connectivity index (χ1v) is 10.00. The van der Waals surface area contributed by atoms with Gasteiger partial charge in [0.1, 0.15) is 23.6 Å². The van der Waals surface area contributed by atoms with Crippen LogP contribution >= 0.6 is 11.3 Å². The number of ketones is 1. The first-order valence-electron chi connectivity index (χ1n) is 9.18. The molecule has 4 aromatic heterocycles. The lowest BCUT2D eigenvalue weighted by molar-refractivity contribution is 0.0996. The minimum atomic E-state index is -1.30. The van der Waals surface area contributed by atoms with Crippen LogP contribution in [0.15, 0.2) is 55.5 Å². The maximum Gasteiger partial charge on any atom is 0.251 e. The summed E-state index contributed by atoms with van der Waals surface area (Å²) in [7, 11) is 0. The SMILES string of the molecule is NC(=O)c1ccc(F)c(C(=O)c2c[nH]c3ncc(-c4cnc(-n5ccnc5)s4)cc23)c1F. The Bertz CT molecular complexity index is 1510. The summed E-state index contributed by atoms with van der Waals surface area (Å²) in [5.74, 6) is -4.42. The fraction of sp³-hybridized carbons (Fsp3) is 0. The average molecular weight is 450 g/mol. The quantitative estimate of drug-likeness (QED) is 0.397. The number of aromatic amines is 1. The Kier molecular flexibility index (Phi) is 4.59. The predicted octanol–water partition coefficient (Wildman–Crippen LogP) is 3.48. The summed E-state index contributed by atoms with van der Waals surface area (Å²) in [6.45, 7) is 0. The van der Waals surface area contributed by atoms with Gasteiger partial charge in [-0.3, -0.25) is 14.2 Å². The number of H-pyrrole nitrogens is 1. The highest BCUT2D eigenvalue weighted by Gasteiger charge is 2.26. The van der Waals surface area contributed by atoms with Gasteiger partial charge in [0.15, 0.2) is 5.13 Å². The van der Waals surface area contributed by atoms with Crippen molar-refractivity contribution >= 4 is 34.1 Å². The van der Waals surface area contributed by atoms with E-state index in [4.69, 9.17) is 5.73 Å². The summed E-state index contributed by atoms with van der Waals surface area (Å²) >= 11 is 1.38. The van der Waals surface area contributed by atoms with Crippen molar-refractivity contribution in [3.05, 3.63) is 83.8 Å². The van der Waals surface area contributed by atoms with Gasteiger partial charge < -0.3 is 10.7 Å². The summed E-state index contributed by atoms with van der Waals surface area (Å²) in [4.78, 5) is 40.7. The number of rotatable bonds is 5. The van der Waals surface area contributed by atoms with Gasteiger partial charge in [-0.2, -0.15) is 0 Å². The largest absolute Gasteiger partial charge is 0.366 e. The summed E-state index contributed by atoms with van der Waals surface area (Å²) in [5, 5.41) is 1.06. The highest BCUT2D eigenvalue weighted by Crippen LogP contribution is 2.31. The minimum absolute atomic E-state index is 0.00752. The zero-order chi connectivity index (χ0) is 22.4. The van der Waals surface area contributed by atoms with Crippen LogP contribution in [-0.2, 0) is 0 Å². The lowest BCUT2D eigenvalue weighted by Crippen LogP contribution is -2.17. The molecule has 8 nitrogen and oxygen atoms in total. The number of carbonyl (C=O) groups excluding carboxylic acids is 2. The van der Waals surface area contributed by atoms with Crippen LogP contribution in [0.2, 0.25) is 0 Å². The first-order chi connectivity index (χ1) is 15.4. The summed E-state index contributed by atoms with van der Waals surface area (Å²) in [6.07, 6.45) is 9.60. The lowest BCUT2D eigenvalue weighted by atomic mass is 9.99. The average Bonchev–Trinajstić information content (AvgIpc) is 3.52. The molecule has 3 N–H and O–H groups in total. The predicted molar refractivity (Wildman–Crippen MR) is 113 cm³/mol. The zero-order valence-corrected chi connectivity index (χ0v) is 16.9. The number of halogens is 2. The van der Waals surface area contributed by atoms with Gasteiger partial charge in [-0.15, -0.1) is 0 Å². The molecule has 11 heteroatoms. The van der Waals surface area contributed by atoms with Crippen LogP contribution in [0.1, 0.15) is 26.3 Å². The standard InChI is InChI=1S/C21H12F2N6O2S/c22-14-2-1-11(19(24)31)17(23)16(14)18(30)13-7-27-20-12(13)5-10(6-26-20)15-8-28-21(32-15)29-4-3-25-9-29/h1-9H,(H2,24,31)(H,26,27). The van der Waals surface area contributed by atoms with Crippen LogP contribution in [0.4, 0.5) is 8.78 Å². The Labute approximate surface area is 182 Å².